The molecule has 1 aromatic heterocycles. The summed E-state index contributed by atoms with van der Waals surface area (Å²) in [5.41, 5.74) is 6.03. The summed E-state index contributed by atoms with van der Waals surface area (Å²) >= 11 is 0. The molecule has 1 atom stereocenters. The van der Waals surface area contributed by atoms with Crippen LogP contribution in [0.15, 0.2) is 48.8 Å². The van der Waals surface area contributed by atoms with Crippen LogP contribution in [0.2, 0.25) is 0 Å². The Bertz CT molecular complexity index is 866. The van der Waals surface area contributed by atoms with E-state index < -0.39 is 17.8 Å². The van der Waals surface area contributed by atoms with E-state index in [4.69, 9.17) is 5.73 Å². The molecule has 1 saturated heterocycles. The van der Waals surface area contributed by atoms with E-state index in [0.29, 0.717) is 37.3 Å². The Kier molecular flexibility index (Phi) is 6.17. The standard InChI is InChI=1S/C20H21F3N4O2/c21-20(22,23)16-5-1-3-14(11-16)12-17(24)19(29)27-9-7-26(8-10-27)18(28)15-4-2-6-25-13-15/h1-6,11,13,17H,7-10,12,24H2. The maximum absolute atomic E-state index is 12.8. The molecule has 1 unspecified atom stereocenters. The topological polar surface area (TPSA) is 79.5 Å². The van der Waals surface area contributed by atoms with Crippen LogP contribution < -0.4 is 5.73 Å². The van der Waals surface area contributed by atoms with E-state index in [1.54, 1.807) is 28.1 Å². The van der Waals surface area contributed by atoms with Crippen LogP contribution >= 0.6 is 0 Å². The minimum Gasteiger partial charge on any atom is -0.338 e. The summed E-state index contributed by atoms with van der Waals surface area (Å²) in [5.74, 6) is -0.491. The van der Waals surface area contributed by atoms with E-state index in [1.165, 1.54) is 18.3 Å². The highest BCUT2D eigenvalue weighted by atomic mass is 19.4. The monoisotopic (exact) mass is 406 g/mol. The molecule has 1 aliphatic heterocycles. The number of amides is 2. The van der Waals surface area contributed by atoms with Gasteiger partial charge in [-0.1, -0.05) is 18.2 Å². The fourth-order valence-corrected chi connectivity index (χ4v) is 3.25. The zero-order chi connectivity index (χ0) is 21.0. The number of carbonyl (C=O) groups is 2. The molecule has 0 bridgehead atoms. The van der Waals surface area contributed by atoms with Gasteiger partial charge in [0.1, 0.15) is 0 Å². The van der Waals surface area contributed by atoms with Crippen LogP contribution in [0.1, 0.15) is 21.5 Å². The molecule has 0 radical (unpaired) electrons. The van der Waals surface area contributed by atoms with Gasteiger partial charge in [-0.15, -0.1) is 0 Å². The summed E-state index contributed by atoms with van der Waals surface area (Å²) in [6, 6.07) is 7.23. The van der Waals surface area contributed by atoms with Crippen molar-refractivity contribution in [3.8, 4) is 0 Å². The first kappa shape index (κ1) is 20.8. The van der Waals surface area contributed by atoms with Crippen molar-refractivity contribution in [1.82, 2.24) is 14.8 Å². The van der Waals surface area contributed by atoms with Gasteiger partial charge in [-0.25, -0.2) is 0 Å². The molecule has 2 heterocycles. The van der Waals surface area contributed by atoms with Gasteiger partial charge in [-0.3, -0.25) is 14.6 Å². The van der Waals surface area contributed by atoms with Crippen LogP contribution in [0.4, 0.5) is 13.2 Å². The molecule has 1 aliphatic rings. The Morgan fingerprint density at radius 1 is 1.07 bits per heavy atom. The lowest BCUT2D eigenvalue weighted by Crippen LogP contribution is -2.54. The van der Waals surface area contributed by atoms with Gasteiger partial charge >= 0.3 is 6.18 Å². The number of hydrogen-bond acceptors (Lipinski definition) is 4. The summed E-state index contributed by atoms with van der Waals surface area (Å²) in [4.78, 5) is 32.1. The molecule has 2 amide bonds. The zero-order valence-electron chi connectivity index (χ0n) is 15.6. The highest BCUT2D eigenvalue weighted by molar-refractivity contribution is 5.94. The quantitative estimate of drug-likeness (QED) is 0.842. The van der Waals surface area contributed by atoms with Gasteiger partial charge in [0.2, 0.25) is 5.91 Å². The van der Waals surface area contributed by atoms with Gasteiger partial charge in [0.15, 0.2) is 0 Å². The number of rotatable bonds is 4. The molecule has 2 N–H and O–H groups in total. The fraction of sp³-hybridized carbons (Fsp3) is 0.350. The third kappa shape index (κ3) is 5.11. The molecular weight excluding hydrogens is 385 g/mol. The van der Waals surface area contributed by atoms with Crippen LogP contribution in [-0.2, 0) is 17.4 Å². The van der Waals surface area contributed by atoms with Gasteiger partial charge in [-0.2, -0.15) is 13.2 Å². The molecule has 2 aromatic rings. The molecule has 29 heavy (non-hydrogen) atoms. The van der Waals surface area contributed by atoms with Gasteiger partial charge in [0.05, 0.1) is 17.2 Å². The first-order valence-corrected chi connectivity index (χ1v) is 9.15. The maximum Gasteiger partial charge on any atom is 0.416 e. The molecule has 6 nitrogen and oxygen atoms in total. The maximum atomic E-state index is 12.8. The lowest BCUT2D eigenvalue weighted by Gasteiger charge is -2.36. The van der Waals surface area contributed by atoms with Crippen molar-refractivity contribution in [2.75, 3.05) is 26.2 Å². The summed E-state index contributed by atoms with van der Waals surface area (Å²) in [6.07, 6.45) is -1.36. The van der Waals surface area contributed by atoms with E-state index >= 15 is 0 Å². The second kappa shape index (κ2) is 8.60. The van der Waals surface area contributed by atoms with Crippen molar-refractivity contribution in [1.29, 1.82) is 0 Å². The van der Waals surface area contributed by atoms with E-state index in [9.17, 15) is 22.8 Å². The lowest BCUT2D eigenvalue weighted by atomic mass is 10.0. The van der Waals surface area contributed by atoms with Crippen LogP contribution in [0, 0.1) is 0 Å². The van der Waals surface area contributed by atoms with Crippen molar-refractivity contribution in [2.24, 2.45) is 5.73 Å². The van der Waals surface area contributed by atoms with E-state index in [-0.39, 0.29) is 18.2 Å². The highest BCUT2D eigenvalue weighted by Gasteiger charge is 2.31. The Balaban J connectivity index is 1.56. The third-order valence-electron chi connectivity index (χ3n) is 4.81. The molecule has 1 fully saturated rings. The largest absolute Gasteiger partial charge is 0.416 e. The lowest BCUT2D eigenvalue weighted by molar-refractivity contribution is -0.137. The fourth-order valence-electron chi connectivity index (χ4n) is 3.25. The number of carbonyl (C=O) groups excluding carboxylic acids is 2. The molecule has 1 aromatic carbocycles. The van der Waals surface area contributed by atoms with Crippen molar-refractivity contribution in [3.05, 3.63) is 65.5 Å². The first-order chi connectivity index (χ1) is 13.8. The van der Waals surface area contributed by atoms with Crippen molar-refractivity contribution < 1.29 is 22.8 Å². The average Bonchev–Trinajstić information content (AvgIpc) is 2.73. The van der Waals surface area contributed by atoms with Crippen molar-refractivity contribution >= 4 is 11.8 Å². The summed E-state index contributed by atoms with van der Waals surface area (Å²) in [7, 11) is 0. The minimum absolute atomic E-state index is 0.0115. The summed E-state index contributed by atoms with van der Waals surface area (Å²) < 4.78 is 38.5. The smallest absolute Gasteiger partial charge is 0.338 e. The average molecular weight is 406 g/mol. The van der Waals surface area contributed by atoms with Crippen molar-refractivity contribution in [3.63, 3.8) is 0 Å². The van der Waals surface area contributed by atoms with E-state index in [1.807, 2.05) is 0 Å². The second-order valence-electron chi connectivity index (χ2n) is 6.87. The summed E-state index contributed by atoms with van der Waals surface area (Å²) in [6.45, 7) is 1.35. The van der Waals surface area contributed by atoms with Crippen LogP contribution in [0.3, 0.4) is 0 Å². The Labute approximate surface area is 166 Å². The SMILES string of the molecule is NC(Cc1cccc(C(F)(F)F)c1)C(=O)N1CCN(C(=O)c2cccnc2)CC1. The Hall–Kier alpha value is -2.94. The van der Waals surface area contributed by atoms with Crippen LogP contribution in [0.5, 0.6) is 0 Å². The number of pyridine rings is 1. The Morgan fingerprint density at radius 3 is 2.38 bits per heavy atom. The molecular formula is C20H21F3N4O2. The van der Waals surface area contributed by atoms with Crippen LogP contribution in [0.25, 0.3) is 0 Å². The van der Waals surface area contributed by atoms with Gasteiger partial charge < -0.3 is 15.5 Å². The molecule has 3 rings (SSSR count). The molecule has 0 aliphatic carbocycles. The minimum atomic E-state index is -4.44. The predicted molar refractivity (Wildman–Crippen MR) is 99.8 cm³/mol. The van der Waals surface area contributed by atoms with Crippen LogP contribution in [-0.4, -0.2) is 58.8 Å². The Morgan fingerprint density at radius 2 is 1.76 bits per heavy atom. The number of alkyl halides is 3. The first-order valence-electron chi connectivity index (χ1n) is 9.15. The zero-order valence-corrected chi connectivity index (χ0v) is 15.6. The van der Waals surface area contributed by atoms with Gasteiger partial charge in [-0.05, 0) is 30.2 Å². The van der Waals surface area contributed by atoms with Gasteiger partial charge in [0.25, 0.3) is 5.91 Å². The highest BCUT2D eigenvalue weighted by Crippen LogP contribution is 2.29. The predicted octanol–water partition coefficient (Wildman–Crippen LogP) is 1.95. The number of hydrogen-bond donors (Lipinski definition) is 1. The van der Waals surface area contributed by atoms with Crippen molar-refractivity contribution in [2.45, 2.75) is 18.6 Å². The molecule has 154 valence electrons. The van der Waals surface area contributed by atoms with Gasteiger partial charge in [0, 0.05) is 38.6 Å². The number of aromatic nitrogens is 1. The third-order valence-corrected chi connectivity index (χ3v) is 4.81. The summed E-state index contributed by atoms with van der Waals surface area (Å²) in [5, 5.41) is 0. The number of halogens is 3. The molecule has 0 saturated carbocycles. The van der Waals surface area contributed by atoms with E-state index in [0.717, 1.165) is 12.1 Å². The number of piperazine rings is 1. The molecule has 9 heteroatoms. The van der Waals surface area contributed by atoms with E-state index in [2.05, 4.69) is 4.98 Å². The normalized spacial score (nSPS) is 15.9. The number of nitrogens with zero attached hydrogens (tertiary/aromatic N) is 3. The number of nitrogens with two attached hydrogens (primary N) is 1. The second-order valence-corrected chi connectivity index (χ2v) is 6.87. The number of benzene rings is 1. The molecule has 0 spiro atoms.